The van der Waals surface area contributed by atoms with Crippen molar-refractivity contribution in [3.8, 4) is 0 Å². The summed E-state index contributed by atoms with van der Waals surface area (Å²) in [5.74, 6) is 0.0960. The van der Waals surface area contributed by atoms with Crippen LogP contribution in [0.2, 0.25) is 0 Å². The summed E-state index contributed by atoms with van der Waals surface area (Å²) in [7, 11) is -3.38. The summed E-state index contributed by atoms with van der Waals surface area (Å²) in [6, 6.07) is 5.67. The molecule has 5 nitrogen and oxygen atoms in total. The second kappa shape index (κ2) is 15.1. The Morgan fingerprint density at radius 2 is 1.35 bits per heavy atom. The second-order valence-electron chi connectivity index (χ2n) is 6.36. The molecule has 1 rings (SSSR count). The Kier molecular flexibility index (Phi) is 15.1. The van der Waals surface area contributed by atoms with Gasteiger partial charge in [0.15, 0.2) is 0 Å². The Hall–Kier alpha value is 0.0800. The zero-order valence-electron chi connectivity index (χ0n) is 16.0. The van der Waals surface area contributed by atoms with Crippen molar-refractivity contribution in [2.75, 3.05) is 10.5 Å². The molecule has 144 valence electrons. The maximum absolute atomic E-state index is 12.0. The molecule has 0 aliphatic heterocycles. The van der Waals surface area contributed by atoms with Gasteiger partial charge >= 0.3 is 29.6 Å². The summed E-state index contributed by atoms with van der Waals surface area (Å²) in [5.41, 5.74) is 0.390. The predicted octanol–water partition coefficient (Wildman–Crippen LogP) is 1.59. The molecule has 1 aromatic carbocycles. The molecule has 26 heavy (non-hydrogen) atoms. The molecule has 1 unspecified atom stereocenters. The number of benzene rings is 1. The predicted molar refractivity (Wildman–Crippen MR) is 103 cm³/mol. The van der Waals surface area contributed by atoms with Crippen molar-refractivity contribution >= 4 is 26.8 Å². The monoisotopic (exact) mass is 411 g/mol. The van der Waals surface area contributed by atoms with E-state index in [0.717, 1.165) is 12.8 Å². The van der Waals surface area contributed by atoms with E-state index >= 15 is 0 Å². The summed E-state index contributed by atoms with van der Waals surface area (Å²) in [6.07, 6.45) is 11.6. The summed E-state index contributed by atoms with van der Waals surface area (Å²) in [5, 5.41) is 0. The molecule has 0 aromatic heterocycles. The largest absolute Gasteiger partial charge is 1.00 e. The Bertz CT molecular complexity index is 606. The first-order chi connectivity index (χ1) is 11.9. The smallest absolute Gasteiger partial charge is 0.768 e. The van der Waals surface area contributed by atoms with Crippen LogP contribution in [0.3, 0.4) is 0 Å². The fraction of sp³-hybridized carbons (Fsp3) is 0.667. The van der Waals surface area contributed by atoms with Crippen LogP contribution in [0.25, 0.3) is 0 Å². The van der Waals surface area contributed by atoms with E-state index in [2.05, 4.69) is 11.6 Å². The van der Waals surface area contributed by atoms with E-state index in [1.54, 1.807) is 0 Å². The van der Waals surface area contributed by atoms with Crippen LogP contribution >= 0.6 is 0 Å². The van der Waals surface area contributed by atoms with Gasteiger partial charge in [-0.25, -0.2) is 8.42 Å². The van der Waals surface area contributed by atoms with Gasteiger partial charge in [0, 0.05) is 10.6 Å². The molecule has 0 bridgehead atoms. The van der Waals surface area contributed by atoms with Crippen LogP contribution in [0.15, 0.2) is 29.2 Å². The van der Waals surface area contributed by atoms with Gasteiger partial charge in [-0.15, -0.1) is 0 Å². The van der Waals surface area contributed by atoms with Gasteiger partial charge in [-0.3, -0.25) is 8.93 Å². The summed E-state index contributed by atoms with van der Waals surface area (Å²) >= 11 is -2.30. The number of unbranched alkanes of at least 4 members (excludes halogenated alkanes) is 9. The third kappa shape index (κ3) is 12.5. The first-order valence-corrected chi connectivity index (χ1v) is 11.9. The molecule has 8 heteroatoms. The van der Waals surface area contributed by atoms with E-state index in [1.165, 1.54) is 69.2 Å². The van der Waals surface area contributed by atoms with Crippen LogP contribution in [0.1, 0.15) is 71.1 Å². The normalized spacial score (nSPS) is 12.4. The number of hydrogen-bond donors (Lipinski definition) is 1. The van der Waals surface area contributed by atoms with Crippen molar-refractivity contribution in [3.63, 3.8) is 0 Å². The summed E-state index contributed by atoms with van der Waals surface area (Å²) in [6.45, 7) is 2.21. The molecule has 1 N–H and O–H groups in total. The maximum Gasteiger partial charge on any atom is 1.00 e. The number of sulfonamides is 1. The topological polar surface area (TPSA) is 86.3 Å². The summed E-state index contributed by atoms with van der Waals surface area (Å²) < 4.78 is 48.1. The number of nitrogens with one attached hydrogen (secondary N) is 1. The van der Waals surface area contributed by atoms with Gasteiger partial charge < -0.3 is 4.55 Å². The van der Waals surface area contributed by atoms with E-state index in [1.807, 2.05) is 0 Å². The Balaban J connectivity index is 0.00000625. The van der Waals surface area contributed by atoms with E-state index in [4.69, 9.17) is 0 Å². The Labute approximate surface area is 183 Å². The second-order valence-corrected chi connectivity index (χ2v) is 9.14. The first kappa shape index (κ1) is 26.1. The minimum atomic E-state index is -3.38. The minimum absolute atomic E-state index is 0. The van der Waals surface area contributed by atoms with Crippen LogP contribution in [-0.4, -0.2) is 22.9 Å². The molecule has 1 atom stereocenters. The quantitative estimate of drug-likeness (QED) is 0.286. The van der Waals surface area contributed by atoms with Crippen molar-refractivity contribution in [2.24, 2.45) is 0 Å². The van der Waals surface area contributed by atoms with Gasteiger partial charge in [-0.2, -0.15) is 0 Å². The standard InChI is InChI=1S/C18H31NO4S2.Na/c1-2-3-4-5-6-7-8-9-10-11-16-25(22,23)19-17-12-14-18(15-13-17)24(20)21;/h12-15,19H,2-11,16H2,1H3,(H,20,21);/q;+1/p-1. The average molecular weight is 412 g/mol. The van der Waals surface area contributed by atoms with Gasteiger partial charge in [0.25, 0.3) is 0 Å². The van der Waals surface area contributed by atoms with Gasteiger partial charge in [0.2, 0.25) is 10.0 Å². The van der Waals surface area contributed by atoms with Crippen LogP contribution in [0, 0.1) is 0 Å². The van der Waals surface area contributed by atoms with Crippen molar-refractivity contribution in [1.82, 2.24) is 0 Å². The number of rotatable bonds is 14. The molecule has 0 aliphatic rings. The summed E-state index contributed by atoms with van der Waals surface area (Å²) in [4.78, 5) is 0.137. The zero-order chi connectivity index (χ0) is 18.5. The van der Waals surface area contributed by atoms with Gasteiger partial charge in [0.1, 0.15) is 0 Å². The fourth-order valence-electron chi connectivity index (χ4n) is 2.64. The zero-order valence-corrected chi connectivity index (χ0v) is 19.7. The number of anilines is 1. The molecule has 0 saturated carbocycles. The fourth-order valence-corrected chi connectivity index (χ4v) is 4.18. The average Bonchev–Trinajstić information content (AvgIpc) is 2.56. The third-order valence-corrected chi connectivity index (χ3v) is 6.12. The van der Waals surface area contributed by atoms with Crippen LogP contribution in [-0.2, 0) is 21.1 Å². The van der Waals surface area contributed by atoms with Crippen LogP contribution in [0.4, 0.5) is 5.69 Å². The van der Waals surface area contributed by atoms with Crippen molar-refractivity contribution < 1.29 is 46.7 Å². The van der Waals surface area contributed by atoms with Gasteiger partial charge in [-0.05, 0) is 41.8 Å². The molecule has 0 radical (unpaired) electrons. The van der Waals surface area contributed by atoms with E-state index < -0.39 is 21.1 Å². The van der Waals surface area contributed by atoms with Gasteiger partial charge in [-0.1, -0.05) is 64.7 Å². The molecule has 0 amide bonds. The van der Waals surface area contributed by atoms with Crippen molar-refractivity contribution in [1.29, 1.82) is 0 Å². The van der Waals surface area contributed by atoms with Crippen molar-refractivity contribution in [2.45, 2.75) is 76.0 Å². The van der Waals surface area contributed by atoms with Gasteiger partial charge in [0.05, 0.1) is 5.75 Å². The van der Waals surface area contributed by atoms with Crippen LogP contribution < -0.4 is 34.3 Å². The van der Waals surface area contributed by atoms with Crippen LogP contribution in [0.5, 0.6) is 0 Å². The minimum Gasteiger partial charge on any atom is -0.768 e. The van der Waals surface area contributed by atoms with Crippen molar-refractivity contribution in [3.05, 3.63) is 24.3 Å². The molecule has 1 aromatic rings. The Morgan fingerprint density at radius 3 is 1.81 bits per heavy atom. The molecule has 0 aliphatic carbocycles. The third-order valence-electron chi connectivity index (χ3n) is 4.09. The molecule has 0 saturated heterocycles. The first-order valence-electron chi connectivity index (χ1n) is 9.14. The molecule has 0 spiro atoms. The molecule has 0 fully saturated rings. The maximum atomic E-state index is 12.0. The SMILES string of the molecule is CCCCCCCCCCCCS(=O)(=O)Nc1ccc(S(=O)[O-])cc1.[Na+]. The van der Waals surface area contributed by atoms with E-state index in [9.17, 15) is 17.2 Å². The number of hydrogen-bond acceptors (Lipinski definition) is 4. The Morgan fingerprint density at radius 1 is 0.885 bits per heavy atom. The van der Waals surface area contributed by atoms with E-state index in [0.29, 0.717) is 12.1 Å². The molecular formula is C18H30NNaO4S2. The van der Waals surface area contributed by atoms with E-state index in [-0.39, 0.29) is 40.2 Å². The molecular weight excluding hydrogens is 381 g/mol. The molecule has 0 heterocycles.